The van der Waals surface area contributed by atoms with Gasteiger partial charge >= 0.3 is 0 Å². The second-order valence-electron chi connectivity index (χ2n) is 4.40. The first-order chi connectivity index (χ1) is 9.11. The van der Waals surface area contributed by atoms with Crippen LogP contribution in [0.1, 0.15) is 23.9 Å². The van der Waals surface area contributed by atoms with E-state index in [2.05, 4.69) is 26.8 Å². The second kappa shape index (κ2) is 5.97. The lowest BCUT2D eigenvalue weighted by atomic mass is 10.2. The molecule has 0 atom stereocenters. The number of halogens is 1. The molecule has 0 unspecified atom stereocenters. The molecule has 4 nitrogen and oxygen atoms in total. The summed E-state index contributed by atoms with van der Waals surface area (Å²) in [5.74, 6) is 0.866. The van der Waals surface area contributed by atoms with E-state index < -0.39 is 0 Å². The largest absolute Gasteiger partial charge is 0.351 e. The van der Waals surface area contributed by atoms with E-state index in [9.17, 15) is 0 Å². The van der Waals surface area contributed by atoms with Crippen molar-refractivity contribution in [1.82, 2.24) is 15.0 Å². The Balaban J connectivity index is 2.28. The zero-order valence-corrected chi connectivity index (χ0v) is 12.1. The maximum atomic E-state index is 6.05. The summed E-state index contributed by atoms with van der Waals surface area (Å²) in [5.41, 5.74) is 2.95. The number of nitrogens with zero attached hydrogens (tertiary/aromatic N) is 4. The Labute approximate surface area is 118 Å². The van der Waals surface area contributed by atoms with Crippen LogP contribution in [0.15, 0.2) is 24.5 Å². The van der Waals surface area contributed by atoms with Crippen molar-refractivity contribution in [3.05, 3.63) is 46.6 Å². The first-order valence-electron chi connectivity index (χ1n) is 6.26. The van der Waals surface area contributed by atoms with Crippen molar-refractivity contribution in [2.24, 2.45) is 0 Å². The lowest BCUT2D eigenvalue weighted by Gasteiger charge is -2.23. The molecule has 0 amide bonds. The molecule has 0 radical (unpaired) electrons. The normalized spacial score (nSPS) is 10.5. The van der Waals surface area contributed by atoms with Crippen LogP contribution in [-0.4, -0.2) is 21.5 Å². The summed E-state index contributed by atoms with van der Waals surface area (Å²) >= 11 is 6.05. The van der Waals surface area contributed by atoms with Gasteiger partial charge in [-0.05, 0) is 32.9 Å². The van der Waals surface area contributed by atoms with Gasteiger partial charge in [0.25, 0.3) is 0 Å². The van der Waals surface area contributed by atoms with Crippen LogP contribution in [0.3, 0.4) is 0 Å². The zero-order chi connectivity index (χ0) is 13.8. The number of rotatable bonds is 4. The minimum absolute atomic E-state index is 0.501. The molecule has 0 spiro atoms. The van der Waals surface area contributed by atoms with Crippen molar-refractivity contribution in [2.75, 3.05) is 11.4 Å². The molecule has 0 aliphatic rings. The van der Waals surface area contributed by atoms with Gasteiger partial charge in [0.15, 0.2) is 0 Å². The maximum Gasteiger partial charge on any atom is 0.137 e. The first kappa shape index (κ1) is 13.7. The molecule has 0 N–H and O–H groups in total. The van der Waals surface area contributed by atoms with Gasteiger partial charge in [0, 0.05) is 17.8 Å². The van der Waals surface area contributed by atoms with E-state index >= 15 is 0 Å². The summed E-state index contributed by atoms with van der Waals surface area (Å²) in [4.78, 5) is 15.0. The van der Waals surface area contributed by atoms with E-state index in [1.165, 1.54) is 6.33 Å². The van der Waals surface area contributed by atoms with Crippen LogP contribution in [0.2, 0.25) is 5.15 Å². The Morgan fingerprint density at radius 2 is 2.00 bits per heavy atom. The highest BCUT2D eigenvalue weighted by atomic mass is 35.5. The highest BCUT2D eigenvalue weighted by molar-refractivity contribution is 6.30. The predicted octanol–water partition coefficient (Wildman–Crippen LogP) is 3.17. The minimum Gasteiger partial charge on any atom is -0.351 e. The fourth-order valence-corrected chi connectivity index (χ4v) is 2.09. The molecule has 2 aromatic rings. The number of hydrogen-bond donors (Lipinski definition) is 0. The molecule has 2 aromatic heterocycles. The Morgan fingerprint density at radius 3 is 2.68 bits per heavy atom. The van der Waals surface area contributed by atoms with Crippen LogP contribution in [0.5, 0.6) is 0 Å². The van der Waals surface area contributed by atoms with Crippen LogP contribution in [0.4, 0.5) is 5.82 Å². The van der Waals surface area contributed by atoms with E-state index in [1.54, 1.807) is 0 Å². The van der Waals surface area contributed by atoms with Gasteiger partial charge < -0.3 is 4.90 Å². The molecule has 0 saturated heterocycles. The molecule has 0 aliphatic heterocycles. The third kappa shape index (κ3) is 3.20. The van der Waals surface area contributed by atoms with Crippen molar-refractivity contribution in [3.8, 4) is 0 Å². The zero-order valence-electron chi connectivity index (χ0n) is 11.4. The minimum atomic E-state index is 0.501. The van der Waals surface area contributed by atoms with Gasteiger partial charge in [-0.25, -0.2) is 9.97 Å². The van der Waals surface area contributed by atoms with Crippen LogP contribution in [0, 0.1) is 13.8 Å². The van der Waals surface area contributed by atoms with Crippen molar-refractivity contribution in [1.29, 1.82) is 0 Å². The number of aromatic nitrogens is 3. The van der Waals surface area contributed by atoms with Crippen LogP contribution < -0.4 is 4.90 Å². The predicted molar refractivity (Wildman–Crippen MR) is 77.5 cm³/mol. The SMILES string of the molecule is CCN(Cc1cccc(C)n1)c1ncnc(Cl)c1C. The molecule has 2 rings (SSSR count). The standard InChI is InChI=1S/C14H17ClN4/c1-4-19(8-12-7-5-6-10(2)18-12)14-11(3)13(15)16-9-17-14/h5-7,9H,4,8H2,1-3H3. The molecule has 0 fully saturated rings. The first-order valence-corrected chi connectivity index (χ1v) is 6.64. The molecular formula is C14H17ClN4. The third-order valence-electron chi connectivity index (χ3n) is 2.98. The van der Waals surface area contributed by atoms with Crippen LogP contribution >= 0.6 is 11.6 Å². The lowest BCUT2D eigenvalue weighted by molar-refractivity contribution is 0.783. The monoisotopic (exact) mass is 276 g/mol. The fraction of sp³-hybridized carbons (Fsp3) is 0.357. The molecule has 100 valence electrons. The summed E-state index contributed by atoms with van der Waals surface area (Å²) in [6.45, 7) is 7.57. The van der Waals surface area contributed by atoms with E-state index in [0.29, 0.717) is 11.7 Å². The summed E-state index contributed by atoms with van der Waals surface area (Å²) in [7, 11) is 0. The Morgan fingerprint density at radius 1 is 1.21 bits per heavy atom. The molecule has 2 heterocycles. The average molecular weight is 277 g/mol. The summed E-state index contributed by atoms with van der Waals surface area (Å²) < 4.78 is 0. The summed E-state index contributed by atoms with van der Waals surface area (Å²) in [5, 5.41) is 0.501. The van der Waals surface area contributed by atoms with E-state index in [1.807, 2.05) is 32.0 Å². The van der Waals surface area contributed by atoms with E-state index in [-0.39, 0.29) is 0 Å². The number of pyridine rings is 1. The fourth-order valence-electron chi connectivity index (χ4n) is 1.96. The van der Waals surface area contributed by atoms with Crippen molar-refractivity contribution >= 4 is 17.4 Å². The van der Waals surface area contributed by atoms with Crippen LogP contribution in [0.25, 0.3) is 0 Å². The van der Waals surface area contributed by atoms with Gasteiger partial charge in [-0.3, -0.25) is 4.98 Å². The van der Waals surface area contributed by atoms with Crippen molar-refractivity contribution in [2.45, 2.75) is 27.3 Å². The third-order valence-corrected chi connectivity index (χ3v) is 3.36. The van der Waals surface area contributed by atoms with E-state index in [4.69, 9.17) is 11.6 Å². The molecule has 0 saturated carbocycles. The van der Waals surface area contributed by atoms with Gasteiger partial charge in [-0.1, -0.05) is 17.7 Å². The van der Waals surface area contributed by atoms with E-state index in [0.717, 1.165) is 29.3 Å². The molecule has 19 heavy (non-hydrogen) atoms. The number of anilines is 1. The average Bonchev–Trinajstić information content (AvgIpc) is 2.40. The highest BCUT2D eigenvalue weighted by Crippen LogP contribution is 2.23. The Kier molecular flexibility index (Phi) is 4.32. The van der Waals surface area contributed by atoms with Gasteiger partial charge in [-0.2, -0.15) is 0 Å². The summed E-state index contributed by atoms with van der Waals surface area (Å²) in [6.07, 6.45) is 1.50. The maximum absolute atomic E-state index is 6.05. The topological polar surface area (TPSA) is 41.9 Å². The van der Waals surface area contributed by atoms with Gasteiger partial charge in [0.2, 0.25) is 0 Å². The lowest BCUT2D eigenvalue weighted by Crippen LogP contribution is -2.24. The highest BCUT2D eigenvalue weighted by Gasteiger charge is 2.13. The van der Waals surface area contributed by atoms with Crippen molar-refractivity contribution in [3.63, 3.8) is 0 Å². The smallest absolute Gasteiger partial charge is 0.137 e. The molecule has 5 heteroatoms. The van der Waals surface area contributed by atoms with Crippen LogP contribution in [-0.2, 0) is 6.54 Å². The number of aryl methyl sites for hydroxylation is 1. The Hall–Kier alpha value is -1.68. The second-order valence-corrected chi connectivity index (χ2v) is 4.76. The molecule has 0 bridgehead atoms. The Bertz CT molecular complexity index is 571. The quantitative estimate of drug-likeness (QED) is 0.805. The summed E-state index contributed by atoms with van der Waals surface area (Å²) in [6, 6.07) is 6.03. The van der Waals surface area contributed by atoms with Gasteiger partial charge in [0.1, 0.15) is 17.3 Å². The van der Waals surface area contributed by atoms with Crippen molar-refractivity contribution < 1.29 is 0 Å². The number of hydrogen-bond acceptors (Lipinski definition) is 4. The molecule has 0 aromatic carbocycles. The molecular weight excluding hydrogens is 260 g/mol. The van der Waals surface area contributed by atoms with Gasteiger partial charge in [-0.15, -0.1) is 0 Å². The molecule has 0 aliphatic carbocycles. The van der Waals surface area contributed by atoms with Gasteiger partial charge in [0.05, 0.1) is 12.2 Å².